The van der Waals surface area contributed by atoms with Crippen LogP contribution in [-0.4, -0.2) is 10.5 Å². The van der Waals surface area contributed by atoms with E-state index < -0.39 is 4.57 Å². The zero-order chi connectivity index (χ0) is 7.86. The van der Waals surface area contributed by atoms with Gasteiger partial charge in [-0.15, -0.1) is 0 Å². The fourth-order valence-electron chi connectivity index (χ4n) is 0. The maximum Gasteiger partial charge on any atom is 0.294 e. The van der Waals surface area contributed by atoms with E-state index in [1.165, 1.54) is 6.92 Å². The Morgan fingerprint density at radius 2 is 1.67 bits per heavy atom. The lowest BCUT2D eigenvalue weighted by Crippen LogP contribution is -2.01. The van der Waals surface area contributed by atoms with Crippen molar-refractivity contribution >= 4 is 43.7 Å². The Labute approximate surface area is 66.4 Å². The van der Waals surface area contributed by atoms with Gasteiger partial charge < -0.3 is 5.73 Å². The van der Waals surface area contributed by atoms with Gasteiger partial charge >= 0.3 is 0 Å². The molecule has 0 aromatic heterocycles. The molecule has 0 aliphatic rings. The first-order valence-corrected chi connectivity index (χ1v) is 3.76. The Hall–Kier alpha value is 0.0700. The number of carbonyl (C=O) groups excluding carboxylic acids is 2. The monoisotopic (exact) mass is 189 g/mol. The van der Waals surface area contributed by atoms with Gasteiger partial charge in [-0.2, -0.15) is 0 Å². The molecule has 3 nitrogen and oxygen atoms in total. The number of primary amides is 1. The molecule has 0 rings (SSSR count). The van der Waals surface area contributed by atoms with E-state index in [2.05, 4.69) is 17.3 Å². The van der Waals surface area contributed by atoms with Gasteiger partial charge in [0.05, 0.1) is 0 Å². The highest BCUT2D eigenvalue weighted by Gasteiger charge is 1.85. The van der Waals surface area contributed by atoms with E-state index in [9.17, 15) is 9.59 Å². The first-order chi connectivity index (χ1) is 4.00. The van der Waals surface area contributed by atoms with Crippen LogP contribution in [-0.2, 0) is 4.79 Å². The normalized spacial score (nSPS) is 7.00. The molecule has 0 aliphatic heterocycles. The van der Waals surface area contributed by atoms with Crippen LogP contribution in [0.3, 0.4) is 0 Å². The highest BCUT2D eigenvalue weighted by molar-refractivity contribution is 8.34. The van der Waals surface area contributed by atoms with Gasteiger partial charge in [-0.05, 0) is 22.3 Å². The molecule has 1 amide bonds. The number of carbonyl (C=O) groups is 2. The number of hydrogen-bond donors (Lipinski definition) is 1. The third kappa shape index (κ3) is 69.4. The van der Waals surface area contributed by atoms with Crippen molar-refractivity contribution in [1.29, 1.82) is 0 Å². The largest absolute Gasteiger partial charge is 0.370 e. The molecule has 0 radical (unpaired) electrons. The van der Waals surface area contributed by atoms with Crippen LogP contribution < -0.4 is 5.73 Å². The third-order valence-electron chi connectivity index (χ3n) is 0.0607. The number of hydrogen-bond acceptors (Lipinski definition) is 3. The molecule has 0 saturated carbocycles. The minimum atomic E-state index is -0.591. The molecule has 0 aromatic rings. The van der Waals surface area contributed by atoms with E-state index in [1.807, 2.05) is 0 Å². The Morgan fingerprint density at radius 1 is 1.56 bits per heavy atom. The summed E-state index contributed by atoms with van der Waals surface area (Å²) < 4.78 is -0.591. The molecule has 0 aromatic carbocycles. The molecule has 0 aliphatic carbocycles. The molecule has 0 spiro atoms. The first kappa shape index (κ1) is 11.8. The average Bonchev–Trinajstić information content (AvgIpc) is 1.65. The second-order valence-electron chi connectivity index (χ2n) is 0.925. The molecule has 0 unspecified atom stereocenters. The van der Waals surface area contributed by atoms with E-state index in [0.29, 0.717) is 11.0 Å². The topological polar surface area (TPSA) is 60.2 Å². The van der Waals surface area contributed by atoms with Gasteiger partial charge in [0, 0.05) is 17.9 Å². The Bertz CT molecular complexity index is 104. The van der Waals surface area contributed by atoms with Gasteiger partial charge in [0.1, 0.15) is 0 Å². The van der Waals surface area contributed by atoms with Crippen molar-refractivity contribution in [1.82, 2.24) is 0 Å². The zero-order valence-electron chi connectivity index (χ0n) is 4.56. The summed E-state index contributed by atoms with van der Waals surface area (Å²) in [4.78, 5) is 18.6. The summed E-state index contributed by atoms with van der Waals surface area (Å²) in [5.41, 5.74) is 4.47. The summed E-state index contributed by atoms with van der Waals surface area (Å²) in [5, 5.41) is 0. The lowest BCUT2D eigenvalue weighted by Gasteiger charge is -1.64. The van der Waals surface area contributed by atoms with Crippen molar-refractivity contribution in [3.8, 4) is 0 Å². The smallest absolute Gasteiger partial charge is 0.294 e. The Kier molecular flexibility index (Phi) is 10.6. The molecule has 6 heteroatoms. The van der Waals surface area contributed by atoms with Crippen molar-refractivity contribution in [3.63, 3.8) is 0 Å². The van der Waals surface area contributed by atoms with Gasteiger partial charge in [0.15, 0.2) is 0 Å². The first-order valence-electron chi connectivity index (χ1n) is 1.74. The lowest BCUT2D eigenvalue weighted by atomic mass is 10.8. The van der Waals surface area contributed by atoms with Gasteiger partial charge in [-0.1, -0.05) is 0 Å². The highest BCUT2D eigenvalue weighted by Crippen LogP contribution is 2.10. The molecular formula is C3H5Cl2NO2S. The van der Waals surface area contributed by atoms with Crippen LogP contribution in [0.5, 0.6) is 0 Å². The van der Waals surface area contributed by atoms with Crippen molar-refractivity contribution in [2.45, 2.75) is 6.92 Å². The number of halogens is 2. The molecule has 54 valence electrons. The van der Waals surface area contributed by atoms with Crippen LogP contribution in [0.2, 0.25) is 0 Å². The lowest BCUT2D eigenvalue weighted by molar-refractivity contribution is -0.115. The fraction of sp³-hybridized carbons (Fsp3) is 0.333. The van der Waals surface area contributed by atoms with Crippen LogP contribution in [0.4, 0.5) is 4.79 Å². The maximum absolute atomic E-state index is 9.41. The van der Waals surface area contributed by atoms with Crippen LogP contribution in [0, 0.1) is 0 Å². The predicted octanol–water partition coefficient (Wildman–Crippen LogP) is 1.72. The standard InChI is InChI=1S/C2H5NO.CCl2OS/c1-2(3)4;2-1(4)5-3/h1H3,(H2,3,4);. The molecule has 2 N–H and O–H groups in total. The van der Waals surface area contributed by atoms with Crippen LogP contribution in [0.25, 0.3) is 0 Å². The summed E-state index contributed by atoms with van der Waals surface area (Å²) in [6, 6.07) is 0. The zero-order valence-corrected chi connectivity index (χ0v) is 6.89. The molecular weight excluding hydrogens is 185 g/mol. The summed E-state index contributed by atoms with van der Waals surface area (Å²) >= 11 is 4.65. The molecule has 9 heavy (non-hydrogen) atoms. The van der Waals surface area contributed by atoms with Crippen LogP contribution in [0.1, 0.15) is 6.92 Å². The Morgan fingerprint density at radius 3 is 1.67 bits per heavy atom. The molecule has 0 bridgehead atoms. The number of rotatable bonds is 0. The number of nitrogens with two attached hydrogens (primary N) is 1. The van der Waals surface area contributed by atoms with Gasteiger partial charge in [0.25, 0.3) is 4.57 Å². The summed E-state index contributed by atoms with van der Waals surface area (Å²) in [5.74, 6) is -0.333. The summed E-state index contributed by atoms with van der Waals surface area (Å²) in [6.45, 7) is 1.31. The number of amides is 1. The molecule has 0 heterocycles. The SMILES string of the molecule is CC(N)=O.O=C(Cl)SCl. The summed E-state index contributed by atoms with van der Waals surface area (Å²) in [6.07, 6.45) is 0. The second kappa shape index (κ2) is 8.07. The van der Waals surface area contributed by atoms with Gasteiger partial charge in [-0.25, -0.2) is 0 Å². The molecule has 0 saturated heterocycles. The molecule has 0 atom stereocenters. The van der Waals surface area contributed by atoms with Crippen molar-refractivity contribution in [3.05, 3.63) is 0 Å². The van der Waals surface area contributed by atoms with E-state index in [4.69, 9.17) is 10.7 Å². The predicted molar refractivity (Wildman–Crippen MR) is 39.6 cm³/mol. The fourth-order valence-corrected chi connectivity index (χ4v) is 0. The van der Waals surface area contributed by atoms with Gasteiger partial charge in [-0.3, -0.25) is 9.59 Å². The second-order valence-corrected chi connectivity index (χ2v) is 2.48. The summed E-state index contributed by atoms with van der Waals surface area (Å²) in [7, 11) is 5.25. The van der Waals surface area contributed by atoms with Crippen molar-refractivity contribution in [2.75, 3.05) is 0 Å². The van der Waals surface area contributed by atoms with E-state index in [-0.39, 0.29) is 5.91 Å². The van der Waals surface area contributed by atoms with Crippen molar-refractivity contribution < 1.29 is 9.59 Å². The average molecular weight is 190 g/mol. The van der Waals surface area contributed by atoms with E-state index >= 15 is 0 Å². The quantitative estimate of drug-likeness (QED) is 0.591. The van der Waals surface area contributed by atoms with Crippen LogP contribution >= 0.6 is 33.3 Å². The van der Waals surface area contributed by atoms with Crippen molar-refractivity contribution in [2.24, 2.45) is 5.73 Å². The third-order valence-corrected chi connectivity index (χ3v) is 1.07. The molecule has 0 fully saturated rings. The van der Waals surface area contributed by atoms with E-state index in [0.717, 1.165) is 0 Å². The van der Waals surface area contributed by atoms with Gasteiger partial charge in [0.2, 0.25) is 5.91 Å². The minimum Gasteiger partial charge on any atom is -0.370 e. The minimum absolute atomic E-state index is 0.333. The highest BCUT2D eigenvalue weighted by atomic mass is 35.7. The van der Waals surface area contributed by atoms with Crippen LogP contribution in [0.15, 0.2) is 0 Å². The van der Waals surface area contributed by atoms with E-state index in [1.54, 1.807) is 0 Å². The Balaban J connectivity index is 0. The maximum atomic E-state index is 9.41.